The molecule has 0 saturated carbocycles. The summed E-state index contributed by atoms with van der Waals surface area (Å²) >= 11 is 0. The molecule has 1 amide bonds. The number of hydrogen-bond donors (Lipinski definition) is 2. The highest BCUT2D eigenvalue weighted by Gasteiger charge is 2.26. The molecule has 2 N–H and O–H groups in total. The molecule has 0 aliphatic carbocycles. The molecular weight excluding hydrogens is 302 g/mol. The first-order chi connectivity index (χ1) is 11.7. The Morgan fingerprint density at radius 1 is 1.33 bits per heavy atom. The number of hydrazine groups is 1. The molecule has 1 aliphatic heterocycles. The molecule has 1 saturated heterocycles. The fourth-order valence-electron chi connectivity index (χ4n) is 3.14. The number of hydrogen-bond acceptors (Lipinski definition) is 4. The Labute approximate surface area is 142 Å². The fourth-order valence-corrected chi connectivity index (χ4v) is 3.14. The van der Waals surface area contributed by atoms with Crippen molar-refractivity contribution in [3.8, 4) is 0 Å². The van der Waals surface area contributed by atoms with E-state index >= 15 is 0 Å². The maximum Gasteiger partial charge on any atom is 0.242 e. The smallest absolute Gasteiger partial charge is 0.242 e. The van der Waals surface area contributed by atoms with E-state index in [4.69, 9.17) is 0 Å². The number of amides is 1. The maximum atomic E-state index is 12.4. The van der Waals surface area contributed by atoms with Gasteiger partial charge in [0.15, 0.2) is 0 Å². The Bertz CT molecular complexity index is 669. The van der Waals surface area contributed by atoms with Gasteiger partial charge in [-0.25, -0.2) is 10.4 Å². The maximum absolute atomic E-state index is 12.4. The van der Waals surface area contributed by atoms with Gasteiger partial charge in [-0.1, -0.05) is 37.3 Å². The van der Waals surface area contributed by atoms with Crippen molar-refractivity contribution in [2.24, 2.45) is 0 Å². The van der Waals surface area contributed by atoms with Gasteiger partial charge in [0, 0.05) is 44.5 Å². The second kappa shape index (κ2) is 7.59. The van der Waals surface area contributed by atoms with Gasteiger partial charge in [-0.3, -0.25) is 10.2 Å². The van der Waals surface area contributed by atoms with Gasteiger partial charge < -0.3 is 9.47 Å². The number of rotatable bonds is 6. The SMILES string of the molecule is CCc1nccn1CC(=O)N(C)CC1CC(c2ccccc2)NN1. The minimum atomic E-state index is 0.104. The minimum Gasteiger partial charge on any atom is -0.343 e. The highest BCUT2D eigenvalue weighted by molar-refractivity contribution is 5.75. The quantitative estimate of drug-likeness (QED) is 0.844. The predicted octanol–water partition coefficient (Wildman–Crippen LogP) is 1.51. The molecular formula is C18H25N5O. The first kappa shape index (κ1) is 16.7. The highest BCUT2D eigenvalue weighted by Crippen LogP contribution is 2.22. The Hall–Kier alpha value is -2.18. The van der Waals surface area contributed by atoms with Gasteiger partial charge in [-0.15, -0.1) is 0 Å². The van der Waals surface area contributed by atoms with Crippen LogP contribution in [0, 0.1) is 0 Å². The third-order valence-corrected chi connectivity index (χ3v) is 4.53. The first-order valence-electron chi connectivity index (χ1n) is 8.47. The first-order valence-corrected chi connectivity index (χ1v) is 8.47. The molecule has 128 valence electrons. The van der Waals surface area contributed by atoms with E-state index in [0.717, 1.165) is 18.7 Å². The van der Waals surface area contributed by atoms with Crippen molar-refractivity contribution in [1.29, 1.82) is 0 Å². The van der Waals surface area contributed by atoms with Gasteiger partial charge in [0.25, 0.3) is 0 Å². The summed E-state index contributed by atoms with van der Waals surface area (Å²) in [7, 11) is 1.86. The number of likely N-dealkylation sites (N-methyl/N-ethyl adjacent to an activating group) is 1. The molecule has 1 aromatic heterocycles. The number of nitrogens with one attached hydrogen (secondary N) is 2. The van der Waals surface area contributed by atoms with Crippen LogP contribution >= 0.6 is 0 Å². The topological polar surface area (TPSA) is 62.2 Å². The summed E-state index contributed by atoms with van der Waals surface area (Å²) in [4.78, 5) is 18.5. The van der Waals surface area contributed by atoms with Crippen molar-refractivity contribution in [1.82, 2.24) is 25.3 Å². The van der Waals surface area contributed by atoms with E-state index in [0.29, 0.717) is 19.1 Å². The lowest BCUT2D eigenvalue weighted by Gasteiger charge is -2.21. The van der Waals surface area contributed by atoms with Crippen molar-refractivity contribution in [3.05, 3.63) is 54.1 Å². The van der Waals surface area contributed by atoms with E-state index in [9.17, 15) is 4.79 Å². The Morgan fingerprint density at radius 2 is 2.12 bits per heavy atom. The summed E-state index contributed by atoms with van der Waals surface area (Å²) < 4.78 is 1.92. The minimum absolute atomic E-state index is 0.104. The molecule has 2 unspecified atom stereocenters. The van der Waals surface area contributed by atoms with E-state index in [1.54, 1.807) is 11.1 Å². The molecule has 6 heteroatoms. The number of carbonyl (C=O) groups is 1. The summed E-state index contributed by atoms with van der Waals surface area (Å²) in [5.74, 6) is 1.05. The summed E-state index contributed by atoms with van der Waals surface area (Å²) in [6.45, 7) is 3.08. The van der Waals surface area contributed by atoms with Crippen LogP contribution in [0.3, 0.4) is 0 Å². The number of imidazole rings is 1. The number of aryl methyl sites for hydroxylation is 1. The highest BCUT2D eigenvalue weighted by atomic mass is 16.2. The number of benzene rings is 1. The molecule has 1 aromatic carbocycles. The van der Waals surface area contributed by atoms with Crippen molar-refractivity contribution in [2.45, 2.75) is 38.4 Å². The molecule has 0 bridgehead atoms. The van der Waals surface area contributed by atoms with Crippen LogP contribution in [0.1, 0.15) is 30.8 Å². The van der Waals surface area contributed by atoms with Gasteiger partial charge in [-0.2, -0.15) is 0 Å². The Kier molecular flexibility index (Phi) is 5.27. The zero-order valence-electron chi connectivity index (χ0n) is 14.3. The zero-order valence-corrected chi connectivity index (χ0v) is 14.3. The lowest BCUT2D eigenvalue weighted by Crippen LogP contribution is -2.42. The van der Waals surface area contributed by atoms with Gasteiger partial charge in [0.05, 0.1) is 0 Å². The predicted molar refractivity (Wildman–Crippen MR) is 93.1 cm³/mol. The van der Waals surface area contributed by atoms with Crippen molar-refractivity contribution < 1.29 is 4.79 Å². The second-order valence-electron chi connectivity index (χ2n) is 6.28. The normalized spacial score (nSPS) is 20.2. The van der Waals surface area contributed by atoms with Crippen molar-refractivity contribution >= 4 is 5.91 Å². The average Bonchev–Trinajstić information content (AvgIpc) is 3.24. The lowest BCUT2D eigenvalue weighted by molar-refractivity contribution is -0.130. The molecule has 0 spiro atoms. The molecule has 24 heavy (non-hydrogen) atoms. The zero-order chi connectivity index (χ0) is 16.9. The third-order valence-electron chi connectivity index (χ3n) is 4.53. The molecule has 1 fully saturated rings. The molecule has 0 radical (unpaired) electrons. The van der Waals surface area contributed by atoms with Crippen molar-refractivity contribution in [2.75, 3.05) is 13.6 Å². The van der Waals surface area contributed by atoms with Gasteiger partial charge in [0.1, 0.15) is 12.4 Å². The molecule has 6 nitrogen and oxygen atoms in total. The molecule has 2 heterocycles. The summed E-state index contributed by atoms with van der Waals surface area (Å²) in [6, 6.07) is 10.9. The van der Waals surface area contributed by atoms with Crippen molar-refractivity contribution in [3.63, 3.8) is 0 Å². The van der Waals surface area contributed by atoms with Crippen LogP contribution in [0.25, 0.3) is 0 Å². The average molecular weight is 327 g/mol. The summed E-state index contributed by atoms with van der Waals surface area (Å²) in [5, 5.41) is 0. The van der Waals surface area contributed by atoms with Crippen LogP contribution in [0.15, 0.2) is 42.7 Å². The van der Waals surface area contributed by atoms with Crippen LogP contribution in [0.5, 0.6) is 0 Å². The summed E-state index contributed by atoms with van der Waals surface area (Å²) in [5.41, 5.74) is 7.91. The van der Waals surface area contributed by atoms with Crippen LogP contribution in [-0.2, 0) is 17.8 Å². The van der Waals surface area contributed by atoms with Gasteiger partial charge >= 0.3 is 0 Å². The number of aromatic nitrogens is 2. The summed E-state index contributed by atoms with van der Waals surface area (Å²) in [6.07, 6.45) is 5.41. The third kappa shape index (κ3) is 3.83. The van der Waals surface area contributed by atoms with Crippen LogP contribution in [0.2, 0.25) is 0 Å². The van der Waals surface area contributed by atoms with E-state index in [1.807, 2.05) is 30.8 Å². The van der Waals surface area contributed by atoms with Crippen LogP contribution in [0.4, 0.5) is 0 Å². The number of nitrogens with zero attached hydrogens (tertiary/aromatic N) is 3. The molecule has 3 rings (SSSR count). The molecule has 1 aliphatic rings. The Balaban J connectivity index is 1.52. The molecule has 2 aromatic rings. The van der Waals surface area contributed by atoms with Crippen LogP contribution < -0.4 is 10.9 Å². The van der Waals surface area contributed by atoms with E-state index in [-0.39, 0.29) is 11.9 Å². The van der Waals surface area contributed by atoms with Crippen LogP contribution in [-0.4, -0.2) is 40.0 Å². The largest absolute Gasteiger partial charge is 0.343 e. The molecule has 2 atom stereocenters. The van der Waals surface area contributed by atoms with E-state index in [1.165, 1.54) is 5.56 Å². The standard InChI is InChI=1S/C18H25N5O/c1-3-17-19-9-10-23(17)13-18(24)22(2)12-15-11-16(21-20-15)14-7-5-4-6-8-14/h4-10,15-16,20-21H,3,11-13H2,1-2H3. The van der Waals surface area contributed by atoms with Gasteiger partial charge in [-0.05, 0) is 12.0 Å². The van der Waals surface area contributed by atoms with Gasteiger partial charge in [0.2, 0.25) is 5.91 Å². The number of carbonyl (C=O) groups excluding carboxylic acids is 1. The monoisotopic (exact) mass is 327 g/mol. The lowest BCUT2D eigenvalue weighted by atomic mass is 10.0. The van der Waals surface area contributed by atoms with E-state index < -0.39 is 0 Å². The fraction of sp³-hybridized carbons (Fsp3) is 0.444. The second-order valence-corrected chi connectivity index (χ2v) is 6.28. The Morgan fingerprint density at radius 3 is 2.88 bits per heavy atom. The van der Waals surface area contributed by atoms with E-state index in [2.05, 4.69) is 40.1 Å².